The number of aromatic nitrogens is 5. The van der Waals surface area contributed by atoms with Crippen LogP contribution in [0.5, 0.6) is 0 Å². The average molecular weight is 854 g/mol. The van der Waals surface area contributed by atoms with Crippen molar-refractivity contribution in [2.45, 2.75) is 0 Å². The van der Waals surface area contributed by atoms with E-state index >= 15 is 0 Å². The van der Waals surface area contributed by atoms with Gasteiger partial charge in [-0.2, -0.15) is 9.97 Å². The molecule has 0 aliphatic rings. The van der Waals surface area contributed by atoms with Crippen LogP contribution >= 0.6 is 0 Å². The lowest BCUT2D eigenvalue weighted by molar-refractivity contribution is 0.670. The van der Waals surface area contributed by atoms with Crippen molar-refractivity contribution in [3.05, 3.63) is 212 Å². The Hall–Kier alpha value is -9.13. The van der Waals surface area contributed by atoms with E-state index in [-0.39, 0.29) is 0 Å². The minimum absolute atomic E-state index is 0.529. The highest BCUT2D eigenvalue weighted by Crippen LogP contribution is 2.48. The van der Waals surface area contributed by atoms with E-state index in [1.54, 1.807) is 0 Å². The molecule has 0 atom stereocenters. The maximum atomic E-state index is 7.22. The summed E-state index contributed by atoms with van der Waals surface area (Å²) < 4.78 is 11.9. The quantitative estimate of drug-likeness (QED) is 0.177. The summed E-state index contributed by atoms with van der Waals surface area (Å²) in [4.78, 5) is 16.5. The van der Waals surface area contributed by atoms with Crippen LogP contribution in [0.15, 0.2) is 217 Å². The van der Waals surface area contributed by atoms with Crippen LogP contribution in [0.25, 0.3) is 143 Å². The largest absolute Gasteiger partial charge is 0.455 e. The fraction of sp³-hybridized carbons (Fsp3) is 0. The lowest BCUT2D eigenvalue weighted by atomic mass is 9.96. The topological polar surface area (TPSA) is 61.7 Å². The van der Waals surface area contributed by atoms with Crippen LogP contribution < -0.4 is 0 Å². The summed E-state index contributed by atoms with van der Waals surface area (Å²) in [6, 6.07) is 75.6. The molecule has 0 N–H and O–H groups in total. The third kappa shape index (κ3) is 5.18. The molecule has 4 aromatic heterocycles. The number of hydrogen-bond acceptors (Lipinski definition) is 4. The first-order valence-corrected chi connectivity index (χ1v) is 22.7. The van der Waals surface area contributed by atoms with E-state index in [1.165, 1.54) is 32.3 Å². The standard InChI is InChI=1S/C61H35N5O/c1-3-19-39-34-52-48(32-37(39)17-1)49-33-38-18-2-4-20-40(38)35-53(49)65(52)57-45-26-8-7-25-44(45)56(58-55(57)47-27-11-14-31-54(47)67-58)60-62-59(46-28-15-21-36-16-5-6-22-41(36)46)63-61(64-60)66-50-29-12-9-23-42(50)43-24-10-13-30-51(43)66/h1-35H. The zero-order valence-electron chi connectivity index (χ0n) is 35.9. The van der Waals surface area contributed by atoms with Gasteiger partial charge in [0.2, 0.25) is 5.95 Å². The lowest BCUT2D eigenvalue weighted by Gasteiger charge is -2.17. The van der Waals surface area contributed by atoms with Gasteiger partial charge >= 0.3 is 0 Å². The van der Waals surface area contributed by atoms with Gasteiger partial charge in [-0.3, -0.25) is 4.57 Å². The number of para-hydroxylation sites is 3. The Kier molecular flexibility index (Phi) is 7.40. The lowest BCUT2D eigenvalue weighted by Crippen LogP contribution is -2.07. The molecule has 6 heteroatoms. The van der Waals surface area contributed by atoms with Crippen molar-refractivity contribution < 1.29 is 4.42 Å². The van der Waals surface area contributed by atoms with Crippen molar-refractivity contribution >= 4 is 109 Å². The number of fused-ring (bicyclic) bond motifs is 13. The normalized spacial score (nSPS) is 12.2. The summed E-state index contributed by atoms with van der Waals surface area (Å²) in [5.41, 5.74) is 8.59. The highest BCUT2D eigenvalue weighted by Gasteiger charge is 2.28. The minimum Gasteiger partial charge on any atom is -0.455 e. The van der Waals surface area contributed by atoms with E-state index < -0.39 is 0 Å². The molecule has 0 amide bonds. The van der Waals surface area contributed by atoms with Crippen molar-refractivity contribution in [3.63, 3.8) is 0 Å². The van der Waals surface area contributed by atoms with Crippen molar-refractivity contribution in [1.82, 2.24) is 24.1 Å². The smallest absolute Gasteiger partial charge is 0.238 e. The summed E-state index contributed by atoms with van der Waals surface area (Å²) in [6.07, 6.45) is 0. The van der Waals surface area contributed by atoms with Crippen LogP contribution in [0.3, 0.4) is 0 Å². The fourth-order valence-corrected chi connectivity index (χ4v) is 11.0. The van der Waals surface area contributed by atoms with Crippen molar-refractivity contribution in [2.24, 2.45) is 0 Å². The van der Waals surface area contributed by atoms with Gasteiger partial charge in [0.25, 0.3) is 0 Å². The predicted octanol–water partition coefficient (Wildman–Crippen LogP) is 15.9. The van der Waals surface area contributed by atoms with E-state index in [4.69, 9.17) is 19.4 Å². The van der Waals surface area contributed by atoms with Crippen LogP contribution in [0.4, 0.5) is 0 Å². The summed E-state index contributed by atoms with van der Waals surface area (Å²) >= 11 is 0. The molecule has 0 aliphatic heterocycles. The van der Waals surface area contributed by atoms with E-state index in [1.807, 2.05) is 6.07 Å². The van der Waals surface area contributed by atoms with Crippen molar-refractivity contribution in [2.75, 3.05) is 0 Å². The molecule has 0 unspecified atom stereocenters. The van der Waals surface area contributed by atoms with Crippen molar-refractivity contribution in [1.29, 1.82) is 0 Å². The van der Waals surface area contributed by atoms with Gasteiger partial charge in [-0.05, 0) is 80.2 Å². The highest BCUT2D eigenvalue weighted by atomic mass is 16.3. The Morgan fingerprint density at radius 1 is 0.328 bits per heavy atom. The molecule has 0 spiro atoms. The van der Waals surface area contributed by atoms with E-state index in [9.17, 15) is 0 Å². The molecule has 0 saturated heterocycles. The van der Waals surface area contributed by atoms with Gasteiger partial charge in [0.1, 0.15) is 11.2 Å². The van der Waals surface area contributed by atoms with Crippen LogP contribution in [-0.4, -0.2) is 24.1 Å². The van der Waals surface area contributed by atoms with Gasteiger partial charge in [-0.1, -0.05) is 170 Å². The minimum atomic E-state index is 0.529. The maximum absolute atomic E-state index is 7.22. The molecule has 0 aliphatic carbocycles. The van der Waals surface area contributed by atoms with Gasteiger partial charge in [-0.15, -0.1) is 0 Å². The Morgan fingerprint density at radius 2 is 0.821 bits per heavy atom. The molecular formula is C61H35N5O. The molecule has 67 heavy (non-hydrogen) atoms. The predicted molar refractivity (Wildman–Crippen MR) is 277 cm³/mol. The molecule has 0 fully saturated rings. The zero-order chi connectivity index (χ0) is 43.7. The second-order valence-corrected chi connectivity index (χ2v) is 17.5. The molecule has 0 bridgehead atoms. The van der Waals surface area contributed by atoms with E-state index in [2.05, 4.69) is 215 Å². The SMILES string of the molecule is c1ccc2cc3c(cc2c1)c1cc2ccccc2cc1n3-c1c2ccccc2c(-c2nc(-c3cccc4ccccc34)nc(-n3c4ccccc4c4ccccc43)n2)c2oc3ccccc3c12. The molecule has 11 aromatic carbocycles. The number of furan rings is 1. The number of hydrogen-bond donors (Lipinski definition) is 0. The van der Waals surface area contributed by atoms with E-state index in [0.29, 0.717) is 17.6 Å². The average Bonchev–Trinajstić information content (AvgIpc) is 4.03. The van der Waals surface area contributed by atoms with Crippen LogP contribution in [0, 0.1) is 0 Å². The first-order chi connectivity index (χ1) is 33.2. The molecular weight excluding hydrogens is 819 g/mol. The third-order valence-corrected chi connectivity index (χ3v) is 13.9. The summed E-state index contributed by atoms with van der Waals surface area (Å²) in [6.45, 7) is 0. The zero-order valence-corrected chi connectivity index (χ0v) is 35.9. The first-order valence-electron chi connectivity index (χ1n) is 22.7. The first kappa shape index (κ1) is 36.2. The summed E-state index contributed by atoms with van der Waals surface area (Å²) in [7, 11) is 0. The molecule has 0 saturated carbocycles. The highest BCUT2D eigenvalue weighted by molar-refractivity contribution is 6.26. The molecule has 310 valence electrons. The molecule has 0 radical (unpaired) electrons. The maximum Gasteiger partial charge on any atom is 0.238 e. The second kappa shape index (κ2) is 13.7. The van der Waals surface area contributed by atoms with Gasteiger partial charge < -0.3 is 8.98 Å². The summed E-state index contributed by atoms with van der Waals surface area (Å²) in [5, 5.41) is 15.7. The van der Waals surface area contributed by atoms with Gasteiger partial charge in [-0.25, -0.2) is 4.98 Å². The Morgan fingerprint density at radius 3 is 1.48 bits per heavy atom. The molecule has 15 rings (SSSR count). The van der Waals surface area contributed by atoms with Crippen molar-refractivity contribution in [3.8, 4) is 34.4 Å². The number of nitrogens with zero attached hydrogens (tertiary/aromatic N) is 5. The Labute approximate surface area is 382 Å². The molecule has 6 nitrogen and oxygen atoms in total. The Bertz CT molecular complexity index is 4440. The fourth-order valence-electron chi connectivity index (χ4n) is 11.0. The second-order valence-electron chi connectivity index (χ2n) is 17.5. The summed E-state index contributed by atoms with van der Waals surface area (Å²) in [5.74, 6) is 1.64. The van der Waals surface area contributed by atoms with Gasteiger partial charge in [0, 0.05) is 37.9 Å². The van der Waals surface area contributed by atoms with Crippen LogP contribution in [0.2, 0.25) is 0 Å². The number of benzene rings is 11. The Balaban J connectivity index is 1.12. The third-order valence-electron chi connectivity index (χ3n) is 13.9. The van der Waals surface area contributed by atoms with Crippen LogP contribution in [0.1, 0.15) is 0 Å². The van der Waals surface area contributed by atoms with Gasteiger partial charge in [0.05, 0.1) is 38.7 Å². The monoisotopic (exact) mass is 853 g/mol. The van der Waals surface area contributed by atoms with Crippen LogP contribution in [-0.2, 0) is 0 Å². The molecule has 4 heterocycles. The van der Waals surface area contributed by atoms with E-state index in [0.717, 1.165) is 93.1 Å². The number of rotatable bonds is 4. The van der Waals surface area contributed by atoms with Gasteiger partial charge in [0.15, 0.2) is 11.6 Å². The molecule has 15 aromatic rings.